The van der Waals surface area contributed by atoms with E-state index in [0.717, 1.165) is 23.3 Å². The lowest BCUT2D eigenvalue weighted by molar-refractivity contribution is -0.130. The highest BCUT2D eigenvalue weighted by Crippen LogP contribution is 2.29. The molecule has 0 aromatic heterocycles. The number of ketones is 1. The largest absolute Gasteiger partial charge is 0.435 e. The van der Waals surface area contributed by atoms with Gasteiger partial charge >= 0.3 is 12.6 Å². The first-order chi connectivity index (χ1) is 14.2. The third kappa shape index (κ3) is 4.32. The fourth-order valence-corrected chi connectivity index (χ4v) is 3.39. The summed E-state index contributed by atoms with van der Waals surface area (Å²) in [7, 11) is 0. The minimum absolute atomic E-state index is 0.0874. The number of aryl methyl sites for hydroxylation is 1. The van der Waals surface area contributed by atoms with E-state index in [9.17, 15) is 23.2 Å². The number of amides is 3. The number of Topliss-reactive ketones (excluding diaryl/α,β-unsaturated/α-hetero) is 1. The molecule has 0 spiro atoms. The van der Waals surface area contributed by atoms with Gasteiger partial charge in [-0.05, 0) is 48.7 Å². The van der Waals surface area contributed by atoms with Crippen LogP contribution in [0.3, 0.4) is 0 Å². The lowest BCUT2D eigenvalue weighted by Gasteiger charge is -2.22. The summed E-state index contributed by atoms with van der Waals surface area (Å²) in [6.45, 7) is 0.252. The molecule has 1 heterocycles. The van der Waals surface area contributed by atoms with Gasteiger partial charge in [-0.25, -0.2) is 4.79 Å². The molecule has 6 nitrogen and oxygen atoms in total. The van der Waals surface area contributed by atoms with Gasteiger partial charge in [0.15, 0.2) is 5.78 Å². The van der Waals surface area contributed by atoms with E-state index in [4.69, 9.17) is 0 Å². The Morgan fingerprint density at radius 1 is 1.10 bits per heavy atom. The number of imide groups is 1. The summed E-state index contributed by atoms with van der Waals surface area (Å²) in [6, 6.07) is 11.9. The smallest absolute Gasteiger partial charge is 0.387 e. The minimum Gasteiger partial charge on any atom is -0.435 e. The number of carbonyl (C=O) groups excluding carboxylic acids is 3. The van der Waals surface area contributed by atoms with E-state index in [2.05, 4.69) is 17.0 Å². The van der Waals surface area contributed by atoms with Gasteiger partial charge in [0.2, 0.25) is 0 Å². The quantitative estimate of drug-likeness (QED) is 0.523. The van der Waals surface area contributed by atoms with Crippen LogP contribution in [0.15, 0.2) is 48.5 Å². The number of carbonyl (C=O) groups is 3. The maximum atomic E-state index is 13.0. The number of hydrogen-bond acceptors (Lipinski definition) is 4. The van der Waals surface area contributed by atoms with Crippen LogP contribution in [0.2, 0.25) is 0 Å². The summed E-state index contributed by atoms with van der Waals surface area (Å²) in [5, 5.41) is 2.67. The molecule has 1 atom stereocenters. The maximum Gasteiger partial charge on any atom is 0.387 e. The number of hydrogen-bond donors (Lipinski definition) is 1. The van der Waals surface area contributed by atoms with Crippen LogP contribution in [0.5, 0.6) is 5.75 Å². The van der Waals surface area contributed by atoms with E-state index < -0.39 is 36.4 Å². The van der Waals surface area contributed by atoms with Gasteiger partial charge in [-0.2, -0.15) is 8.78 Å². The number of urea groups is 1. The molecule has 0 bridgehead atoms. The van der Waals surface area contributed by atoms with E-state index >= 15 is 0 Å². The van der Waals surface area contributed by atoms with E-state index in [-0.39, 0.29) is 11.3 Å². The van der Waals surface area contributed by atoms with Crippen molar-refractivity contribution in [3.05, 3.63) is 65.2 Å². The molecule has 1 N–H and O–H groups in total. The molecular weight excluding hydrogens is 394 g/mol. The number of benzene rings is 2. The predicted molar refractivity (Wildman–Crippen MR) is 105 cm³/mol. The number of nitrogens with zero attached hydrogens (tertiary/aromatic N) is 1. The molecule has 1 fully saturated rings. The first kappa shape index (κ1) is 21.4. The van der Waals surface area contributed by atoms with Crippen LogP contribution < -0.4 is 10.1 Å². The summed E-state index contributed by atoms with van der Waals surface area (Å²) in [5.41, 5.74) is 0.670. The predicted octanol–water partition coefficient (Wildman–Crippen LogP) is 3.89. The van der Waals surface area contributed by atoms with Crippen molar-refractivity contribution in [1.82, 2.24) is 10.2 Å². The number of alkyl halides is 2. The summed E-state index contributed by atoms with van der Waals surface area (Å²) < 4.78 is 28.7. The van der Waals surface area contributed by atoms with Crippen LogP contribution in [-0.4, -0.2) is 35.8 Å². The van der Waals surface area contributed by atoms with Crippen molar-refractivity contribution >= 4 is 17.7 Å². The van der Waals surface area contributed by atoms with Gasteiger partial charge in [-0.15, -0.1) is 0 Å². The van der Waals surface area contributed by atoms with Crippen LogP contribution in [0, 0.1) is 0 Å². The molecule has 158 valence electrons. The molecule has 1 unspecified atom stereocenters. The first-order valence-corrected chi connectivity index (χ1v) is 9.56. The monoisotopic (exact) mass is 416 g/mol. The topological polar surface area (TPSA) is 75.7 Å². The van der Waals surface area contributed by atoms with E-state index in [0.29, 0.717) is 5.56 Å². The Morgan fingerprint density at radius 3 is 2.30 bits per heavy atom. The summed E-state index contributed by atoms with van der Waals surface area (Å²) in [5.74, 6) is -1.11. The van der Waals surface area contributed by atoms with Crippen LogP contribution >= 0.6 is 0 Å². The molecular formula is C22H22F2N2O4. The second kappa shape index (κ2) is 8.61. The highest BCUT2D eigenvalue weighted by molar-refractivity contribution is 6.11. The van der Waals surface area contributed by atoms with Gasteiger partial charge in [-0.1, -0.05) is 37.6 Å². The second-order valence-electron chi connectivity index (χ2n) is 7.22. The van der Waals surface area contributed by atoms with Crippen molar-refractivity contribution in [3.63, 3.8) is 0 Å². The average Bonchev–Trinajstić information content (AvgIpc) is 2.93. The highest BCUT2D eigenvalue weighted by Gasteiger charge is 2.49. The Bertz CT molecular complexity index is 945. The SMILES string of the molecule is CCCc1ccc(C2(C)NC(=O)N(CC(=O)c3ccc(OC(F)F)cc3)C2=O)cc1. The molecule has 1 aliphatic rings. The fraction of sp³-hybridized carbons (Fsp3) is 0.318. The maximum absolute atomic E-state index is 13.0. The zero-order chi connectivity index (χ0) is 21.9. The normalized spacial score (nSPS) is 18.6. The van der Waals surface area contributed by atoms with Crippen LogP contribution in [0.1, 0.15) is 41.8 Å². The summed E-state index contributed by atoms with van der Waals surface area (Å²) in [6.07, 6.45) is 1.91. The lowest BCUT2D eigenvalue weighted by atomic mass is 9.91. The van der Waals surface area contributed by atoms with Gasteiger partial charge in [0.1, 0.15) is 11.3 Å². The van der Waals surface area contributed by atoms with Crippen molar-refractivity contribution in [2.75, 3.05) is 6.54 Å². The van der Waals surface area contributed by atoms with Crippen molar-refractivity contribution in [2.45, 2.75) is 38.8 Å². The minimum atomic E-state index is -2.97. The molecule has 2 aromatic rings. The van der Waals surface area contributed by atoms with Crippen molar-refractivity contribution in [3.8, 4) is 5.75 Å². The third-order valence-corrected chi connectivity index (χ3v) is 5.05. The first-order valence-electron chi connectivity index (χ1n) is 9.56. The van der Waals surface area contributed by atoms with Crippen molar-refractivity contribution in [2.24, 2.45) is 0 Å². The van der Waals surface area contributed by atoms with Gasteiger partial charge in [0.05, 0.1) is 6.54 Å². The Morgan fingerprint density at radius 2 is 1.73 bits per heavy atom. The van der Waals surface area contributed by atoms with E-state index in [1.807, 2.05) is 12.1 Å². The van der Waals surface area contributed by atoms with E-state index in [1.165, 1.54) is 24.3 Å². The molecule has 1 aliphatic heterocycles. The second-order valence-corrected chi connectivity index (χ2v) is 7.22. The number of halogens is 2. The van der Waals surface area contributed by atoms with Crippen LogP contribution in [0.4, 0.5) is 13.6 Å². The molecule has 2 aromatic carbocycles. The third-order valence-electron chi connectivity index (χ3n) is 5.05. The summed E-state index contributed by atoms with van der Waals surface area (Å²) in [4.78, 5) is 38.8. The number of nitrogens with one attached hydrogen (secondary N) is 1. The van der Waals surface area contributed by atoms with Crippen LogP contribution in [-0.2, 0) is 16.8 Å². The van der Waals surface area contributed by atoms with Gasteiger partial charge in [0.25, 0.3) is 5.91 Å². The van der Waals surface area contributed by atoms with Crippen LogP contribution in [0.25, 0.3) is 0 Å². The molecule has 0 aliphatic carbocycles. The fourth-order valence-electron chi connectivity index (χ4n) is 3.39. The number of ether oxygens (including phenoxy) is 1. The molecule has 30 heavy (non-hydrogen) atoms. The standard InChI is InChI=1S/C22H22F2N2O4/c1-3-4-14-5-9-16(10-6-14)22(2)19(28)26(21(29)25-22)13-18(27)15-7-11-17(12-8-15)30-20(23)24/h5-12,20H,3-4,13H2,1-2H3,(H,25,29). The summed E-state index contributed by atoms with van der Waals surface area (Å²) >= 11 is 0. The van der Waals surface area contributed by atoms with Crippen molar-refractivity contribution < 1.29 is 27.9 Å². The Hall–Kier alpha value is -3.29. The zero-order valence-corrected chi connectivity index (χ0v) is 16.7. The molecule has 0 saturated carbocycles. The average molecular weight is 416 g/mol. The highest BCUT2D eigenvalue weighted by atomic mass is 19.3. The van der Waals surface area contributed by atoms with Crippen molar-refractivity contribution in [1.29, 1.82) is 0 Å². The van der Waals surface area contributed by atoms with Gasteiger partial charge in [-0.3, -0.25) is 14.5 Å². The molecule has 3 amide bonds. The zero-order valence-electron chi connectivity index (χ0n) is 16.7. The Kier molecular flexibility index (Phi) is 6.14. The Labute approximate surface area is 172 Å². The molecule has 0 radical (unpaired) electrons. The molecule has 1 saturated heterocycles. The lowest BCUT2D eigenvalue weighted by Crippen LogP contribution is -2.41. The molecule has 3 rings (SSSR count). The molecule has 8 heteroatoms. The Balaban J connectivity index is 1.73. The van der Waals surface area contributed by atoms with Gasteiger partial charge in [0, 0.05) is 5.56 Å². The van der Waals surface area contributed by atoms with Gasteiger partial charge < -0.3 is 10.1 Å². The number of rotatable bonds is 8. The van der Waals surface area contributed by atoms with E-state index in [1.54, 1.807) is 19.1 Å².